The van der Waals surface area contributed by atoms with Crippen LogP contribution in [0.5, 0.6) is 0 Å². The molecule has 1 amide bonds. The summed E-state index contributed by atoms with van der Waals surface area (Å²) in [7, 11) is 0. The van der Waals surface area contributed by atoms with Gasteiger partial charge in [-0.15, -0.1) is 0 Å². The van der Waals surface area contributed by atoms with E-state index in [1.54, 1.807) is 4.90 Å². The molecule has 0 rings (SSSR count). The highest BCUT2D eigenvalue weighted by atomic mass is 16.1. The summed E-state index contributed by atoms with van der Waals surface area (Å²) in [6.45, 7) is 9.11. The maximum atomic E-state index is 10.4. The summed E-state index contributed by atoms with van der Waals surface area (Å²) in [5, 5.41) is 0. The normalized spacial score (nSPS) is 13.2. The molecule has 0 aromatic carbocycles. The van der Waals surface area contributed by atoms with E-state index in [0.717, 1.165) is 13.0 Å². The Labute approximate surface area is 69.6 Å². The van der Waals surface area contributed by atoms with E-state index >= 15 is 0 Å². The Morgan fingerprint density at radius 3 is 2.00 bits per heavy atom. The third kappa shape index (κ3) is 2.91. The summed E-state index contributed by atoms with van der Waals surface area (Å²) >= 11 is 0. The van der Waals surface area contributed by atoms with Gasteiger partial charge in [0, 0.05) is 12.6 Å². The summed E-state index contributed by atoms with van der Waals surface area (Å²) in [6.07, 6.45) is 2.98. The first-order valence-electron chi connectivity index (χ1n) is 4.31. The average molecular weight is 156 g/mol. The van der Waals surface area contributed by atoms with Crippen LogP contribution >= 0.6 is 0 Å². The summed E-state index contributed by atoms with van der Waals surface area (Å²) in [5.74, 6) is 0.529. The van der Waals surface area contributed by atoms with Gasteiger partial charge in [-0.1, -0.05) is 20.8 Å². The van der Waals surface area contributed by atoms with E-state index in [1.807, 2.05) is 13.3 Å². The van der Waals surface area contributed by atoms with Gasteiger partial charge in [0.1, 0.15) is 0 Å². The molecule has 0 saturated heterocycles. The minimum Gasteiger partial charge on any atom is -0.331 e. The van der Waals surface area contributed by atoms with Gasteiger partial charge in [0.2, 0.25) is 0 Å². The van der Waals surface area contributed by atoms with Gasteiger partial charge in [-0.2, -0.15) is 0 Å². The molecule has 1 atom stereocenters. The summed E-state index contributed by atoms with van der Waals surface area (Å²) in [6, 6.07) is 0.359. The first-order chi connectivity index (χ1) is 5.17. The van der Waals surface area contributed by atoms with Crippen LogP contribution in [0.25, 0.3) is 0 Å². The van der Waals surface area contributed by atoms with Crippen molar-refractivity contribution in [2.24, 2.45) is 5.92 Å². The molecule has 0 aliphatic heterocycles. The van der Waals surface area contributed by atoms with Gasteiger partial charge >= 0.3 is 6.41 Å². The highest BCUT2D eigenvalue weighted by Gasteiger charge is 2.17. The number of rotatable bonds is 5. The molecule has 2 nitrogen and oxygen atoms in total. The molecule has 0 aromatic heterocycles. The fourth-order valence-electron chi connectivity index (χ4n) is 1.42. The summed E-state index contributed by atoms with van der Waals surface area (Å²) in [4.78, 5) is 12.2. The molecule has 1 unspecified atom stereocenters. The van der Waals surface area contributed by atoms with Gasteiger partial charge in [-0.05, 0) is 19.3 Å². The van der Waals surface area contributed by atoms with E-state index in [4.69, 9.17) is 0 Å². The predicted molar refractivity (Wildman–Crippen MR) is 47.0 cm³/mol. The largest absolute Gasteiger partial charge is 0.331 e. The van der Waals surface area contributed by atoms with Crippen LogP contribution in [0.1, 0.15) is 34.1 Å². The van der Waals surface area contributed by atoms with Gasteiger partial charge in [-0.25, -0.2) is 0 Å². The molecule has 0 aliphatic carbocycles. The van der Waals surface area contributed by atoms with Crippen LogP contribution in [0.4, 0.5) is 0 Å². The maximum absolute atomic E-state index is 10.4. The van der Waals surface area contributed by atoms with Gasteiger partial charge < -0.3 is 4.90 Å². The second-order valence-electron chi connectivity index (χ2n) is 3.10. The van der Waals surface area contributed by atoms with Crippen LogP contribution in [0, 0.1) is 5.92 Å². The molecule has 0 heterocycles. The molecule has 0 aromatic rings. The second kappa shape index (κ2) is 5.16. The molecule has 0 fully saturated rings. The number of amides is 1. The quantitative estimate of drug-likeness (QED) is 0.556. The molecular weight excluding hydrogens is 138 g/mol. The van der Waals surface area contributed by atoms with Gasteiger partial charge in [0.15, 0.2) is 0 Å². The van der Waals surface area contributed by atoms with Crippen LogP contribution in [0.15, 0.2) is 0 Å². The number of hydrogen-bond donors (Lipinski definition) is 0. The predicted octanol–water partition coefficient (Wildman–Crippen LogP) is 1.81. The molecule has 2 heteroatoms. The first-order valence-corrected chi connectivity index (χ1v) is 4.31. The van der Waals surface area contributed by atoms with Crippen LogP contribution in [-0.2, 0) is 4.79 Å². The van der Waals surface area contributed by atoms with Gasteiger partial charge in [0.25, 0.3) is 0 Å². The zero-order valence-electron chi connectivity index (χ0n) is 7.92. The zero-order valence-corrected chi connectivity index (χ0v) is 7.92. The monoisotopic (exact) mass is 156 g/mol. The van der Waals surface area contributed by atoms with Crippen molar-refractivity contribution in [3.05, 3.63) is 0 Å². The smallest absolute Gasteiger partial charge is 0.312 e. The van der Waals surface area contributed by atoms with Crippen LogP contribution in [0.3, 0.4) is 0 Å². The lowest BCUT2D eigenvalue weighted by molar-refractivity contribution is 0.239. The fraction of sp³-hybridized carbons (Fsp3) is 0.889. The van der Waals surface area contributed by atoms with Crippen molar-refractivity contribution in [1.82, 2.24) is 4.90 Å². The molecule has 0 saturated carbocycles. The molecule has 1 radical (unpaired) electrons. The molecule has 11 heavy (non-hydrogen) atoms. The Bertz CT molecular complexity index is 112. The lowest BCUT2D eigenvalue weighted by Crippen LogP contribution is -2.37. The van der Waals surface area contributed by atoms with Crippen molar-refractivity contribution in [2.45, 2.75) is 40.2 Å². The average Bonchev–Trinajstić information content (AvgIpc) is 1.99. The number of carbonyl (C=O) groups excluding carboxylic acids is 1. The Balaban J connectivity index is 4.08. The molecule has 0 aliphatic rings. The van der Waals surface area contributed by atoms with Gasteiger partial charge in [0.05, 0.1) is 0 Å². The minimum absolute atomic E-state index is 0.359. The van der Waals surface area contributed by atoms with E-state index in [9.17, 15) is 4.79 Å². The lowest BCUT2D eigenvalue weighted by atomic mass is 10.0. The molecule has 65 valence electrons. The fourth-order valence-corrected chi connectivity index (χ4v) is 1.42. The Kier molecular flexibility index (Phi) is 4.92. The van der Waals surface area contributed by atoms with Crippen LogP contribution in [0.2, 0.25) is 0 Å². The Morgan fingerprint density at radius 2 is 1.91 bits per heavy atom. The maximum Gasteiger partial charge on any atom is 0.312 e. The number of hydrogen-bond acceptors (Lipinski definition) is 1. The van der Waals surface area contributed by atoms with E-state index in [1.165, 1.54) is 0 Å². The SMILES string of the molecule is CCC(C(C)C)N([C]=O)CC. The molecule has 0 bridgehead atoms. The molecule has 0 N–H and O–H groups in total. The van der Waals surface area contributed by atoms with Crippen molar-refractivity contribution >= 4 is 6.41 Å². The Morgan fingerprint density at radius 1 is 1.36 bits per heavy atom. The van der Waals surface area contributed by atoms with E-state index in [-0.39, 0.29) is 0 Å². The first kappa shape index (κ1) is 10.5. The zero-order chi connectivity index (χ0) is 8.85. The molecule has 0 spiro atoms. The second-order valence-corrected chi connectivity index (χ2v) is 3.10. The van der Waals surface area contributed by atoms with Crippen molar-refractivity contribution in [3.63, 3.8) is 0 Å². The number of nitrogens with zero attached hydrogens (tertiary/aromatic N) is 1. The van der Waals surface area contributed by atoms with Crippen LogP contribution in [-0.4, -0.2) is 23.9 Å². The van der Waals surface area contributed by atoms with E-state index < -0.39 is 0 Å². The highest BCUT2D eigenvalue weighted by molar-refractivity contribution is 5.48. The van der Waals surface area contributed by atoms with E-state index in [0.29, 0.717) is 12.0 Å². The third-order valence-electron chi connectivity index (χ3n) is 2.05. The van der Waals surface area contributed by atoms with Crippen molar-refractivity contribution in [1.29, 1.82) is 0 Å². The summed E-state index contributed by atoms with van der Waals surface area (Å²) < 4.78 is 0. The van der Waals surface area contributed by atoms with Crippen molar-refractivity contribution in [3.8, 4) is 0 Å². The highest BCUT2D eigenvalue weighted by Crippen LogP contribution is 2.11. The van der Waals surface area contributed by atoms with Gasteiger partial charge in [-0.3, -0.25) is 4.79 Å². The van der Waals surface area contributed by atoms with E-state index in [2.05, 4.69) is 20.8 Å². The topological polar surface area (TPSA) is 20.3 Å². The Hall–Kier alpha value is -0.530. The van der Waals surface area contributed by atoms with Crippen LogP contribution < -0.4 is 0 Å². The van der Waals surface area contributed by atoms with Crippen molar-refractivity contribution < 1.29 is 4.79 Å². The third-order valence-corrected chi connectivity index (χ3v) is 2.05. The summed E-state index contributed by atoms with van der Waals surface area (Å²) in [5.41, 5.74) is 0. The minimum atomic E-state index is 0.359. The molecular formula is C9H18NO. The standard InChI is InChI=1S/C9H18NO/c1-5-9(8(3)4)10(6-2)7-11/h8-9H,5-6H2,1-4H3. The lowest BCUT2D eigenvalue weighted by Gasteiger charge is -2.28. The van der Waals surface area contributed by atoms with Crippen molar-refractivity contribution in [2.75, 3.05) is 6.54 Å².